The Morgan fingerprint density at radius 2 is 2.11 bits per heavy atom. The maximum Gasteiger partial charge on any atom is 0.142 e. The summed E-state index contributed by atoms with van der Waals surface area (Å²) in [5, 5.41) is 0.676. The highest BCUT2D eigenvalue weighted by Gasteiger charge is 2.11. The standard InChI is InChI=1S/C15H19ClO2/c1-10(7-8-17)5-6-13-11(2)9-14(18-4)15(16)12(13)3/h7-9H,5-6H2,1-4H3. The van der Waals surface area contributed by atoms with E-state index in [9.17, 15) is 4.79 Å². The molecule has 1 rings (SSSR count). The summed E-state index contributed by atoms with van der Waals surface area (Å²) in [5.74, 6) is 0.718. The first-order chi connectivity index (χ1) is 8.51. The van der Waals surface area contributed by atoms with Crippen LogP contribution in [0.5, 0.6) is 5.75 Å². The van der Waals surface area contributed by atoms with Crippen LogP contribution in [0, 0.1) is 13.8 Å². The van der Waals surface area contributed by atoms with Crippen LogP contribution in [0.2, 0.25) is 5.02 Å². The fraction of sp³-hybridized carbons (Fsp3) is 0.400. The molecule has 0 N–H and O–H groups in total. The number of benzene rings is 1. The molecule has 0 spiro atoms. The highest BCUT2D eigenvalue weighted by molar-refractivity contribution is 6.33. The van der Waals surface area contributed by atoms with Crippen LogP contribution in [0.25, 0.3) is 0 Å². The van der Waals surface area contributed by atoms with E-state index in [-0.39, 0.29) is 0 Å². The van der Waals surface area contributed by atoms with Crippen molar-refractivity contribution in [3.63, 3.8) is 0 Å². The molecular formula is C15H19ClO2. The van der Waals surface area contributed by atoms with Gasteiger partial charge in [0, 0.05) is 0 Å². The SMILES string of the molecule is COc1cc(C)c(CCC(C)=CC=O)c(C)c1Cl. The van der Waals surface area contributed by atoms with Crippen LogP contribution in [0.1, 0.15) is 30.0 Å². The minimum absolute atomic E-state index is 0.676. The van der Waals surface area contributed by atoms with E-state index in [1.807, 2.05) is 19.9 Å². The first-order valence-corrected chi connectivity index (χ1v) is 6.32. The molecule has 1 aromatic rings. The number of aldehydes is 1. The van der Waals surface area contributed by atoms with Crippen molar-refractivity contribution >= 4 is 17.9 Å². The van der Waals surface area contributed by atoms with Crippen LogP contribution in [-0.4, -0.2) is 13.4 Å². The van der Waals surface area contributed by atoms with Gasteiger partial charge in [0.15, 0.2) is 0 Å². The molecule has 0 atom stereocenters. The van der Waals surface area contributed by atoms with Crippen molar-refractivity contribution in [2.24, 2.45) is 0 Å². The maximum absolute atomic E-state index is 10.4. The fourth-order valence-electron chi connectivity index (χ4n) is 2.02. The molecule has 0 saturated carbocycles. The molecule has 0 aliphatic rings. The molecule has 0 aliphatic heterocycles. The number of rotatable bonds is 5. The molecule has 0 bridgehead atoms. The van der Waals surface area contributed by atoms with E-state index in [0.717, 1.165) is 36.0 Å². The van der Waals surface area contributed by atoms with Crippen molar-refractivity contribution in [1.29, 1.82) is 0 Å². The van der Waals surface area contributed by atoms with Gasteiger partial charge in [0.05, 0.1) is 12.1 Å². The third-order valence-corrected chi connectivity index (χ3v) is 3.63. The van der Waals surface area contributed by atoms with Crippen LogP contribution in [0.15, 0.2) is 17.7 Å². The van der Waals surface area contributed by atoms with E-state index in [1.165, 1.54) is 11.1 Å². The van der Waals surface area contributed by atoms with Gasteiger partial charge >= 0.3 is 0 Å². The van der Waals surface area contributed by atoms with E-state index < -0.39 is 0 Å². The number of hydrogen-bond acceptors (Lipinski definition) is 2. The summed E-state index contributed by atoms with van der Waals surface area (Å²) in [6, 6.07) is 1.96. The normalized spacial score (nSPS) is 11.5. The number of allylic oxidation sites excluding steroid dienone is 2. The van der Waals surface area contributed by atoms with E-state index in [4.69, 9.17) is 16.3 Å². The Balaban J connectivity index is 3.00. The monoisotopic (exact) mass is 266 g/mol. The lowest BCUT2D eigenvalue weighted by atomic mass is 9.96. The summed E-state index contributed by atoms with van der Waals surface area (Å²) in [6.07, 6.45) is 4.19. The molecule has 0 unspecified atom stereocenters. The lowest BCUT2D eigenvalue weighted by Crippen LogP contribution is -1.98. The van der Waals surface area contributed by atoms with Gasteiger partial charge in [0.1, 0.15) is 12.0 Å². The van der Waals surface area contributed by atoms with Gasteiger partial charge < -0.3 is 4.74 Å². The Bertz CT molecular complexity index is 476. The van der Waals surface area contributed by atoms with Crippen molar-refractivity contribution < 1.29 is 9.53 Å². The van der Waals surface area contributed by atoms with Gasteiger partial charge in [0.2, 0.25) is 0 Å². The van der Waals surface area contributed by atoms with Crippen LogP contribution >= 0.6 is 11.6 Å². The number of carbonyl (C=O) groups is 1. The second-order valence-corrected chi connectivity index (χ2v) is 4.84. The molecule has 0 saturated heterocycles. The van der Waals surface area contributed by atoms with Crippen molar-refractivity contribution in [1.82, 2.24) is 0 Å². The zero-order valence-electron chi connectivity index (χ0n) is 11.3. The lowest BCUT2D eigenvalue weighted by molar-refractivity contribution is -0.104. The molecule has 0 amide bonds. The summed E-state index contributed by atoms with van der Waals surface area (Å²) in [6.45, 7) is 6.02. The Morgan fingerprint density at radius 1 is 1.44 bits per heavy atom. The predicted molar refractivity (Wildman–Crippen MR) is 75.6 cm³/mol. The Morgan fingerprint density at radius 3 is 2.67 bits per heavy atom. The molecule has 2 nitrogen and oxygen atoms in total. The Kier molecular flexibility index (Phi) is 5.42. The van der Waals surface area contributed by atoms with Gasteiger partial charge in [0.25, 0.3) is 0 Å². The number of ether oxygens (including phenoxy) is 1. The molecule has 0 radical (unpaired) electrons. The topological polar surface area (TPSA) is 26.3 Å². The third kappa shape index (κ3) is 3.36. The average molecular weight is 267 g/mol. The molecule has 18 heavy (non-hydrogen) atoms. The minimum atomic E-state index is 0.676. The largest absolute Gasteiger partial charge is 0.495 e. The van der Waals surface area contributed by atoms with Gasteiger partial charge in [-0.1, -0.05) is 17.2 Å². The molecule has 0 fully saturated rings. The zero-order chi connectivity index (χ0) is 13.7. The first-order valence-electron chi connectivity index (χ1n) is 5.94. The number of carbonyl (C=O) groups excluding carboxylic acids is 1. The number of hydrogen-bond donors (Lipinski definition) is 0. The Hall–Kier alpha value is -1.28. The first kappa shape index (κ1) is 14.8. The van der Waals surface area contributed by atoms with Gasteiger partial charge in [-0.2, -0.15) is 0 Å². The predicted octanol–water partition coefficient (Wildman–Crippen LogP) is 4.04. The Labute approximate surface area is 114 Å². The maximum atomic E-state index is 10.4. The smallest absolute Gasteiger partial charge is 0.142 e. The van der Waals surface area contributed by atoms with Crippen molar-refractivity contribution in [2.75, 3.05) is 7.11 Å². The minimum Gasteiger partial charge on any atom is -0.495 e. The molecule has 0 heterocycles. The van der Waals surface area contributed by atoms with Crippen LogP contribution in [-0.2, 0) is 11.2 Å². The molecule has 0 aromatic heterocycles. The second kappa shape index (κ2) is 6.60. The highest BCUT2D eigenvalue weighted by Crippen LogP contribution is 2.33. The van der Waals surface area contributed by atoms with E-state index in [2.05, 4.69) is 6.92 Å². The quantitative estimate of drug-likeness (QED) is 0.594. The fourth-order valence-corrected chi connectivity index (χ4v) is 2.26. The van der Waals surface area contributed by atoms with Crippen molar-refractivity contribution in [3.05, 3.63) is 39.4 Å². The second-order valence-electron chi connectivity index (χ2n) is 4.46. The summed E-state index contributed by atoms with van der Waals surface area (Å²) >= 11 is 6.25. The van der Waals surface area contributed by atoms with Crippen LogP contribution < -0.4 is 4.74 Å². The van der Waals surface area contributed by atoms with Gasteiger partial charge in [-0.05, 0) is 62.4 Å². The van der Waals surface area contributed by atoms with Gasteiger partial charge in [-0.3, -0.25) is 4.79 Å². The summed E-state index contributed by atoms with van der Waals surface area (Å²) in [7, 11) is 1.62. The molecule has 98 valence electrons. The third-order valence-electron chi connectivity index (χ3n) is 3.16. The summed E-state index contributed by atoms with van der Waals surface area (Å²) < 4.78 is 5.24. The van der Waals surface area contributed by atoms with Crippen molar-refractivity contribution in [3.8, 4) is 5.75 Å². The zero-order valence-corrected chi connectivity index (χ0v) is 12.1. The molecular weight excluding hydrogens is 248 g/mol. The van der Waals surface area contributed by atoms with E-state index in [0.29, 0.717) is 5.02 Å². The van der Waals surface area contributed by atoms with Gasteiger partial charge in [-0.25, -0.2) is 0 Å². The lowest BCUT2D eigenvalue weighted by Gasteiger charge is -2.14. The van der Waals surface area contributed by atoms with Gasteiger partial charge in [-0.15, -0.1) is 0 Å². The van der Waals surface area contributed by atoms with E-state index in [1.54, 1.807) is 13.2 Å². The molecule has 1 aromatic carbocycles. The number of aryl methyl sites for hydroxylation is 1. The number of methoxy groups -OCH3 is 1. The average Bonchev–Trinajstić information content (AvgIpc) is 2.34. The summed E-state index contributed by atoms with van der Waals surface area (Å²) in [5.41, 5.74) is 4.55. The van der Waals surface area contributed by atoms with E-state index >= 15 is 0 Å². The van der Waals surface area contributed by atoms with Crippen LogP contribution in [0.3, 0.4) is 0 Å². The molecule has 0 aliphatic carbocycles. The summed E-state index contributed by atoms with van der Waals surface area (Å²) in [4.78, 5) is 10.4. The number of halogens is 1. The molecule has 3 heteroatoms. The van der Waals surface area contributed by atoms with Crippen LogP contribution in [0.4, 0.5) is 0 Å². The highest BCUT2D eigenvalue weighted by atomic mass is 35.5. The van der Waals surface area contributed by atoms with Crippen molar-refractivity contribution in [2.45, 2.75) is 33.6 Å².